The highest BCUT2D eigenvalue weighted by Crippen LogP contribution is 2.37. The predicted molar refractivity (Wildman–Crippen MR) is 65.9 cm³/mol. The molecule has 1 atom stereocenters. The van der Waals surface area contributed by atoms with E-state index in [1.807, 2.05) is 11.8 Å². The minimum atomic E-state index is 0.550. The van der Waals surface area contributed by atoms with Gasteiger partial charge in [0, 0.05) is 15.4 Å². The monoisotopic (exact) mass is 271 g/mol. The highest BCUT2D eigenvalue weighted by molar-refractivity contribution is 9.10. The van der Waals surface area contributed by atoms with Crippen molar-refractivity contribution in [2.45, 2.75) is 24.3 Å². The van der Waals surface area contributed by atoms with E-state index in [0.29, 0.717) is 6.04 Å². The molecule has 1 heterocycles. The van der Waals surface area contributed by atoms with Crippen molar-refractivity contribution in [2.75, 3.05) is 12.3 Å². The van der Waals surface area contributed by atoms with E-state index in [0.717, 1.165) is 6.54 Å². The van der Waals surface area contributed by atoms with Gasteiger partial charge in [0.15, 0.2) is 0 Å². The molecule has 14 heavy (non-hydrogen) atoms. The van der Waals surface area contributed by atoms with E-state index >= 15 is 0 Å². The molecule has 1 aromatic rings. The average molecular weight is 272 g/mol. The van der Waals surface area contributed by atoms with E-state index in [4.69, 9.17) is 0 Å². The molecule has 1 aliphatic heterocycles. The molecule has 1 N–H and O–H groups in total. The molecule has 0 saturated carbocycles. The van der Waals surface area contributed by atoms with Crippen molar-refractivity contribution in [2.24, 2.45) is 0 Å². The molecule has 2 rings (SSSR count). The molecule has 76 valence electrons. The molecule has 1 aliphatic rings. The number of hydrogen-bond donors (Lipinski definition) is 1. The fourth-order valence-corrected chi connectivity index (χ4v) is 3.31. The minimum absolute atomic E-state index is 0.550. The maximum Gasteiger partial charge on any atom is 0.0339 e. The Kier molecular flexibility index (Phi) is 3.52. The SMILES string of the molecule is CCN[C@@H]1CCSc2ccc(Br)cc21. The molecule has 1 aromatic carbocycles. The summed E-state index contributed by atoms with van der Waals surface area (Å²) in [4.78, 5) is 1.44. The van der Waals surface area contributed by atoms with Crippen LogP contribution in [0.1, 0.15) is 24.9 Å². The summed E-state index contributed by atoms with van der Waals surface area (Å²) in [7, 11) is 0. The Morgan fingerprint density at radius 1 is 1.57 bits per heavy atom. The minimum Gasteiger partial charge on any atom is -0.310 e. The number of benzene rings is 1. The lowest BCUT2D eigenvalue weighted by atomic mass is 10.0. The van der Waals surface area contributed by atoms with Crippen LogP contribution in [0.25, 0.3) is 0 Å². The average Bonchev–Trinajstić information content (AvgIpc) is 2.19. The third-order valence-electron chi connectivity index (χ3n) is 2.46. The first-order chi connectivity index (χ1) is 6.81. The number of rotatable bonds is 2. The van der Waals surface area contributed by atoms with Gasteiger partial charge in [-0.3, -0.25) is 0 Å². The van der Waals surface area contributed by atoms with Gasteiger partial charge in [-0.05, 0) is 42.5 Å². The van der Waals surface area contributed by atoms with Gasteiger partial charge in [-0.2, -0.15) is 0 Å². The molecule has 0 amide bonds. The third-order valence-corrected chi connectivity index (χ3v) is 4.08. The summed E-state index contributed by atoms with van der Waals surface area (Å²) in [5.74, 6) is 1.23. The van der Waals surface area contributed by atoms with Gasteiger partial charge in [-0.1, -0.05) is 22.9 Å². The zero-order valence-electron chi connectivity index (χ0n) is 8.22. The van der Waals surface area contributed by atoms with Crippen LogP contribution in [0, 0.1) is 0 Å². The summed E-state index contributed by atoms with van der Waals surface area (Å²) in [6.45, 7) is 3.21. The zero-order chi connectivity index (χ0) is 9.97. The molecule has 3 heteroatoms. The second-order valence-corrected chi connectivity index (χ2v) is 5.48. The summed E-state index contributed by atoms with van der Waals surface area (Å²) in [5, 5.41) is 3.53. The summed E-state index contributed by atoms with van der Waals surface area (Å²) < 4.78 is 1.18. The topological polar surface area (TPSA) is 12.0 Å². The van der Waals surface area contributed by atoms with Crippen molar-refractivity contribution in [1.29, 1.82) is 0 Å². The van der Waals surface area contributed by atoms with E-state index in [1.54, 1.807) is 0 Å². The quantitative estimate of drug-likeness (QED) is 0.883. The Bertz CT molecular complexity index is 327. The molecule has 0 radical (unpaired) electrons. The van der Waals surface area contributed by atoms with Crippen molar-refractivity contribution in [3.8, 4) is 0 Å². The second kappa shape index (κ2) is 4.69. The number of thioether (sulfide) groups is 1. The van der Waals surface area contributed by atoms with Crippen LogP contribution in [0.2, 0.25) is 0 Å². The van der Waals surface area contributed by atoms with Crippen LogP contribution >= 0.6 is 27.7 Å². The van der Waals surface area contributed by atoms with E-state index in [1.165, 1.54) is 27.1 Å². The van der Waals surface area contributed by atoms with Crippen molar-refractivity contribution in [1.82, 2.24) is 5.32 Å². The normalized spacial score (nSPS) is 20.6. The Morgan fingerprint density at radius 2 is 2.43 bits per heavy atom. The van der Waals surface area contributed by atoms with Gasteiger partial charge < -0.3 is 5.32 Å². The lowest BCUT2D eigenvalue weighted by Crippen LogP contribution is -2.24. The van der Waals surface area contributed by atoms with Crippen LogP contribution in [-0.4, -0.2) is 12.3 Å². The number of hydrogen-bond acceptors (Lipinski definition) is 2. The van der Waals surface area contributed by atoms with E-state index < -0.39 is 0 Å². The Hall–Kier alpha value is 0.01000. The van der Waals surface area contributed by atoms with E-state index in [-0.39, 0.29) is 0 Å². The molecule has 0 fully saturated rings. The lowest BCUT2D eigenvalue weighted by Gasteiger charge is -2.25. The van der Waals surface area contributed by atoms with Gasteiger partial charge in [-0.25, -0.2) is 0 Å². The van der Waals surface area contributed by atoms with Gasteiger partial charge in [0.25, 0.3) is 0 Å². The summed E-state index contributed by atoms with van der Waals surface area (Å²) in [5.41, 5.74) is 1.46. The third kappa shape index (κ3) is 2.15. The largest absolute Gasteiger partial charge is 0.310 e. The van der Waals surface area contributed by atoms with E-state index in [2.05, 4.69) is 46.4 Å². The van der Waals surface area contributed by atoms with Gasteiger partial charge in [0.05, 0.1) is 0 Å². The van der Waals surface area contributed by atoms with Crippen molar-refractivity contribution in [3.63, 3.8) is 0 Å². The molecule has 0 saturated heterocycles. The lowest BCUT2D eigenvalue weighted by molar-refractivity contribution is 0.527. The smallest absolute Gasteiger partial charge is 0.0339 e. The number of fused-ring (bicyclic) bond motifs is 1. The summed E-state index contributed by atoms with van der Waals surface area (Å²) in [6.07, 6.45) is 1.24. The summed E-state index contributed by atoms with van der Waals surface area (Å²) in [6, 6.07) is 7.14. The first kappa shape index (κ1) is 10.5. The van der Waals surface area contributed by atoms with Crippen molar-refractivity contribution < 1.29 is 0 Å². The van der Waals surface area contributed by atoms with Crippen LogP contribution in [0.5, 0.6) is 0 Å². The van der Waals surface area contributed by atoms with Gasteiger partial charge in [-0.15, -0.1) is 11.8 Å². The first-order valence-electron chi connectivity index (χ1n) is 4.97. The molecule has 0 unspecified atom stereocenters. The Labute approximate surface area is 97.8 Å². The number of halogens is 1. The molecule has 0 aliphatic carbocycles. The molecule has 1 nitrogen and oxygen atoms in total. The Morgan fingerprint density at radius 3 is 3.21 bits per heavy atom. The van der Waals surface area contributed by atoms with Gasteiger partial charge in [0.1, 0.15) is 0 Å². The summed E-state index contributed by atoms with van der Waals surface area (Å²) >= 11 is 5.50. The fourth-order valence-electron chi connectivity index (χ4n) is 1.82. The highest BCUT2D eigenvalue weighted by Gasteiger charge is 2.19. The van der Waals surface area contributed by atoms with Crippen molar-refractivity contribution in [3.05, 3.63) is 28.2 Å². The van der Waals surface area contributed by atoms with Crippen LogP contribution < -0.4 is 5.32 Å². The zero-order valence-corrected chi connectivity index (χ0v) is 10.6. The van der Waals surface area contributed by atoms with Gasteiger partial charge >= 0.3 is 0 Å². The van der Waals surface area contributed by atoms with Crippen molar-refractivity contribution >= 4 is 27.7 Å². The molecular formula is C11H14BrNS. The van der Waals surface area contributed by atoms with Crippen LogP contribution in [0.15, 0.2) is 27.6 Å². The molecule has 0 spiro atoms. The van der Waals surface area contributed by atoms with Crippen LogP contribution in [0.4, 0.5) is 0 Å². The predicted octanol–water partition coefficient (Wildman–Crippen LogP) is 3.60. The first-order valence-corrected chi connectivity index (χ1v) is 6.74. The standard InChI is InChI=1S/C11H14BrNS/c1-2-13-10-5-6-14-11-4-3-8(12)7-9(10)11/h3-4,7,10,13H,2,5-6H2,1H3/t10-/m1/s1. The van der Waals surface area contributed by atoms with Crippen LogP contribution in [0.3, 0.4) is 0 Å². The Balaban J connectivity index is 2.32. The van der Waals surface area contributed by atoms with E-state index in [9.17, 15) is 0 Å². The van der Waals surface area contributed by atoms with Gasteiger partial charge in [0.2, 0.25) is 0 Å². The molecule has 0 aromatic heterocycles. The van der Waals surface area contributed by atoms with Crippen LogP contribution in [-0.2, 0) is 0 Å². The number of nitrogens with one attached hydrogen (secondary N) is 1. The second-order valence-electron chi connectivity index (χ2n) is 3.43. The highest BCUT2D eigenvalue weighted by atomic mass is 79.9. The molecule has 0 bridgehead atoms. The maximum absolute atomic E-state index is 3.53. The fraction of sp³-hybridized carbons (Fsp3) is 0.455. The maximum atomic E-state index is 3.53. The molecular weight excluding hydrogens is 258 g/mol.